The Kier molecular flexibility index (Phi) is 41.6. The average Bonchev–Trinajstić information content (AvgIpc) is 1.50. The molecule has 0 saturated carbocycles. The van der Waals surface area contributed by atoms with Crippen LogP contribution in [0.1, 0.15) is 443 Å². The topological polar surface area (TPSA) is 51.6 Å². The quantitative estimate of drug-likeness (QED) is 0.0288. The second kappa shape index (κ2) is 48.3. The Hall–Kier alpha value is -1.24. The Morgan fingerprint density at radius 2 is 0.495 bits per heavy atom. The van der Waals surface area contributed by atoms with E-state index in [1.165, 1.54) is 347 Å². The first-order chi connectivity index (χ1) is 49.4. The third-order valence-corrected chi connectivity index (χ3v) is 47.5. The predicted molar refractivity (Wildman–Crippen MR) is 451 cm³/mol. The van der Waals surface area contributed by atoms with Gasteiger partial charge >= 0.3 is 488 Å². The Morgan fingerprint density at radius 1 is 0.277 bits per heavy atom. The van der Waals surface area contributed by atoms with Gasteiger partial charge in [0.05, 0.1) is 0 Å². The van der Waals surface area contributed by atoms with Crippen LogP contribution in [-0.4, -0.2) is 54.2 Å². The Morgan fingerprint density at radius 3 is 0.743 bits per heavy atom. The van der Waals surface area contributed by atoms with E-state index in [1.54, 1.807) is 3.58 Å². The molecule has 2 heterocycles. The third kappa shape index (κ3) is 24.6. The van der Waals surface area contributed by atoms with Crippen molar-refractivity contribution in [3.05, 3.63) is 46.0 Å². The van der Waals surface area contributed by atoms with E-state index in [0.29, 0.717) is 22.3 Å². The molecular formula is C91H154F2N4S2Sn2. The monoisotopic (exact) mass is 1640 g/mol. The van der Waals surface area contributed by atoms with Gasteiger partial charge in [-0.05, 0) is 0 Å². The van der Waals surface area contributed by atoms with Crippen LogP contribution in [0, 0.1) is 11.6 Å². The van der Waals surface area contributed by atoms with Gasteiger partial charge in [-0.1, -0.05) is 156 Å². The van der Waals surface area contributed by atoms with Crippen LogP contribution in [-0.2, 0) is 10.8 Å². The number of rotatable bonds is 63. The molecule has 4 nitrogen and oxygen atoms in total. The fraction of sp³-hybridized carbons (Fsp3) is 0.802. The van der Waals surface area contributed by atoms with Crippen LogP contribution in [0.3, 0.4) is 0 Å². The molecule has 0 fully saturated rings. The summed E-state index contributed by atoms with van der Waals surface area (Å²) < 4.78 is 70.2. The SMILES string of the molecule is CCCCCCCCCCCCCCC1(CCCCCCCCCCCCCC)c2c[c]([Sn]([CH3])([CH3])[CH3])c3nsnc3c2-c2c(F)c3c(c(F)c21)-c1c(c[c]([Sn]([CH2]CCC)([CH2]CCC)[CH2]CCC)c2nsnc12)C3(CCCCCCCCCCCCCC)CCCCCCCCCCCCCC. The van der Waals surface area contributed by atoms with E-state index < -0.39 is 47.6 Å². The van der Waals surface area contributed by atoms with Crippen molar-refractivity contribution >= 4 is 89.4 Å². The summed E-state index contributed by atoms with van der Waals surface area (Å²) >= 11 is -3.66. The zero-order valence-electron chi connectivity index (χ0n) is 67.6. The molecule has 10 heteroatoms. The van der Waals surface area contributed by atoms with Crippen molar-refractivity contribution in [3.63, 3.8) is 0 Å². The van der Waals surface area contributed by atoms with Gasteiger partial charge in [-0.25, -0.2) is 0 Å². The zero-order chi connectivity index (χ0) is 72.0. The fourth-order valence-electron chi connectivity index (χ4n) is 19.1. The van der Waals surface area contributed by atoms with Crippen molar-refractivity contribution in [2.45, 2.75) is 460 Å². The van der Waals surface area contributed by atoms with Crippen LogP contribution in [0.15, 0.2) is 12.1 Å². The summed E-state index contributed by atoms with van der Waals surface area (Å²) in [6.45, 7) is 16.4. The van der Waals surface area contributed by atoms with Crippen molar-refractivity contribution in [2.75, 3.05) is 0 Å². The number of halogens is 2. The number of benzene rings is 3. The van der Waals surface area contributed by atoms with Gasteiger partial charge in [0.15, 0.2) is 0 Å². The summed E-state index contributed by atoms with van der Waals surface area (Å²) in [6, 6.07) is 5.26. The molecule has 2 aliphatic carbocycles. The first-order valence-electron chi connectivity index (χ1n) is 44.6. The number of fused-ring (bicyclic) bond motifs is 10. The van der Waals surface area contributed by atoms with E-state index in [9.17, 15) is 0 Å². The maximum atomic E-state index is 20.9. The van der Waals surface area contributed by atoms with Crippen LogP contribution in [0.25, 0.3) is 44.3 Å². The molecule has 2 aliphatic rings. The van der Waals surface area contributed by atoms with Gasteiger partial charge in [-0.3, -0.25) is 0 Å². The van der Waals surface area contributed by atoms with E-state index in [2.05, 4.69) is 75.4 Å². The van der Waals surface area contributed by atoms with Crippen LogP contribution < -0.4 is 7.16 Å². The summed E-state index contributed by atoms with van der Waals surface area (Å²) in [7, 11) is 0. The van der Waals surface area contributed by atoms with Gasteiger partial charge in [0.2, 0.25) is 0 Å². The molecule has 5 aromatic rings. The summed E-state index contributed by atoms with van der Waals surface area (Å²) in [5.41, 5.74) is 9.33. The molecule has 572 valence electrons. The molecule has 3 aromatic carbocycles. The van der Waals surface area contributed by atoms with Crippen molar-refractivity contribution in [3.8, 4) is 22.3 Å². The van der Waals surface area contributed by atoms with Crippen LogP contribution >= 0.6 is 23.5 Å². The van der Waals surface area contributed by atoms with E-state index in [-0.39, 0.29) is 11.6 Å². The van der Waals surface area contributed by atoms with Gasteiger partial charge < -0.3 is 0 Å². The molecule has 101 heavy (non-hydrogen) atoms. The Labute approximate surface area is 638 Å². The van der Waals surface area contributed by atoms with E-state index in [0.717, 1.165) is 110 Å². The van der Waals surface area contributed by atoms with Gasteiger partial charge in [-0.2, -0.15) is 0 Å². The number of hydrogen-bond donors (Lipinski definition) is 0. The molecule has 0 radical (unpaired) electrons. The second-order valence-corrected chi connectivity index (χ2v) is 62.9. The van der Waals surface area contributed by atoms with E-state index >= 15 is 8.78 Å². The molecular weight excluding hydrogens is 1490 g/mol. The van der Waals surface area contributed by atoms with Gasteiger partial charge in [0, 0.05) is 0 Å². The Bertz CT molecular complexity index is 2990. The van der Waals surface area contributed by atoms with Crippen molar-refractivity contribution in [1.29, 1.82) is 0 Å². The predicted octanol–water partition coefficient (Wildman–Crippen LogP) is 31.5. The zero-order valence-corrected chi connectivity index (χ0v) is 75.0. The standard InChI is InChI=1S/C76H118F2N4S2.3C4H9.3CH3.2Sn/c1-5-9-13-17-21-25-29-33-37-41-45-49-57-75(58-50-46-42-38-34-30-26-22-18-14-10-6-2)61-53-55-63-73(81-83-79-63)65(61)67-69(75)71(77)68-66-62(54-56-64-74(66)82-84-80-64)76(70(68)72(67)78,59-51-47-43-39-35-31-27-23-19-15-11-7-3)60-52-48-44-40-36-32-28-24-20-16-12-8-4;3*1-3-4-2;;;;;/h53-54H,5-52,57-60H2,1-4H3;3*1,3-4H2,2H3;3*1H3;;. The summed E-state index contributed by atoms with van der Waals surface area (Å²) in [4.78, 5) is 7.57. The minimum Gasteiger partial charge on any atom is -0.0654 e. The first kappa shape index (κ1) is 87.0. The second-order valence-electron chi connectivity index (χ2n) is 34.3. The van der Waals surface area contributed by atoms with Crippen LogP contribution in [0.4, 0.5) is 8.78 Å². The van der Waals surface area contributed by atoms with E-state index in [1.807, 2.05) is 0 Å². The summed E-state index contributed by atoms with van der Waals surface area (Å²) in [5, 5.41) is 0. The number of hydrogen-bond acceptors (Lipinski definition) is 6. The Balaban J connectivity index is 1.41. The normalized spacial score (nSPS) is 13.9. The molecule has 0 bridgehead atoms. The third-order valence-electron chi connectivity index (χ3n) is 25.2. The molecule has 0 atom stereocenters. The summed E-state index contributed by atoms with van der Waals surface area (Å²) in [5.74, 6) is -0.232. The van der Waals surface area contributed by atoms with Crippen molar-refractivity contribution in [1.82, 2.24) is 17.5 Å². The molecule has 7 rings (SSSR count). The van der Waals surface area contributed by atoms with Crippen LogP contribution in [0.2, 0.25) is 28.1 Å². The van der Waals surface area contributed by atoms with Gasteiger partial charge in [-0.15, -0.1) is 0 Å². The smallest absolute Gasteiger partial charge is 0.0654 e. The van der Waals surface area contributed by atoms with Crippen molar-refractivity contribution < 1.29 is 8.78 Å². The van der Waals surface area contributed by atoms with Crippen molar-refractivity contribution in [2.24, 2.45) is 0 Å². The van der Waals surface area contributed by atoms with Gasteiger partial charge in [0.25, 0.3) is 0 Å². The maximum absolute atomic E-state index is 20.9. The first-order valence-corrected chi connectivity index (χ1v) is 63.5. The molecule has 0 N–H and O–H groups in total. The number of unbranched alkanes of at least 4 members (excludes halogenated alkanes) is 47. The van der Waals surface area contributed by atoms with Crippen LogP contribution in [0.5, 0.6) is 0 Å². The molecule has 0 aliphatic heterocycles. The van der Waals surface area contributed by atoms with E-state index in [4.69, 9.17) is 17.5 Å². The fourth-order valence-corrected chi connectivity index (χ4v) is 41.4. The molecule has 0 unspecified atom stereocenters. The minimum atomic E-state index is -3.34. The molecule has 0 spiro atoms. The molecule has 2 aromatic heterocycles. The molecule has 0 saturated heterocycles. The average molecular weight is 1640 g/mol. The number of aromatic nitrogens is 4. The molecule has 0 amide bonds. The summed E-state index contributed by atoms with van der Waals surface area (Å²) in [6.07, 6.45) is 72.2. The van der Waals surface area contributed by atoms with Gasteiger partial charge in [0.1, 0.15) is 0 Å². The minimum absolute atomic E-state index is 0.116. The number of nitrogens with zero attached hydrogens (tertiary/aromatic N) is 4.